The lowest BCUT2D eigenvalue weighted by atomic mass is 10.2. The number of carboxylic acid groups (broad SMARTS) is 1. The van der Waals surface area contributed by atoms with E-state index in [2.05, 4.69) is 20.9 Å². The highest BCUT2D eigenvalue weighted by Gasteiger charge is 2.27. The third kappa shape index (κ3) is 2.93. The summed E-state index contributed by atoms with van der Waals surface area (Å²) in [5, 5.41) is 9.79. The largest absolute Gasteiger partial charge is 0.484 e. The van der Waals surface area contributed by atoms with Gasteiger partial charge in [0.1, 0.15) is 21.9 Å². The maximum atomic E-state index is 10.8. The first-order chi connectivity index (χ1) is 10.1. The Bertz CT molecular complexity index is 695. The van der Waals surface area contributed by atoms with Gasteiger partial charge in [-0.3, -0.25) is 4.79 Å². The molecule has 1 aliphatic rings. The van der Waals surface area contributed by atoms with Crippen molar-refractivity contribution in [3.8, 4) is 22.1 Å². The first kappa shape index (κ1) is 14.8. The number of halogens is 1. The molecule has 0 saturated carbocycles. The zero-order chi connectivity index (χ0) is 15.0. The SMILES string of the molecule is Cc1nc(-c2sc(Br)c3c2OCCO3)c(CCC(=O)O)s1. The molecule has 0 saturated heterocycles. The van der Waals surface area contributed by atoms with Crippen molar-refractivity contribution in [2.75, 3.05) is 13.2 Å². The lowest BCUT2D eigenvalue weighted by Crippen LogP contribution is -2.14. The molecule has 0 fully saturated rings. The summed E-state index contributed by atoms with van der Waals surface area (Å²) in [6.07, 6.45) is 0.571. The molecule has 21 heavy (non-hydrogen) atoms. The highest BCUT2D eigenvalue weighted by atomic mass is 79.9. The van der Waals surface area contributed by atoms with Crippen molar-refractivity contribution >= 4 is 44.6 Å². The number of aliphatic carboxylic acids is 1. The minimum atomic E-state index is -0.805. The molecule has 3 heterocycles. The molecule has 2 aromatic heterocycles. The summed E-state index contributed by atoms with van der Waals surface area (Å²) in [7, 11) is 0. The molecule has 1 aliphatic heterocycles. The quantitative estimate of drug-likeness (QED) is 0.862. The topological polar surface area (TPSA) is 68.7 Å². The summed E-state index contributed by atoms with van der Waals surface area (Å²) in [6.45, 7) is 2.96. The van der Waals surface area contributed by atoms with E-state index in [0.717, 1.165) is 30.0 Å². The number of nitrogens with zero attached hydrogens (tertiary/aromatic N) is 1. The second-order valence-electron chi connectivity index (χ2n) is 4.46. The monoisotopic (exact) mass is 389 g/mol. The molecular formula is C13H12BrNO4S2. The molecule has 0 aliphatic carbocycles. The fourth-order valence-electron chi connectivity index (χ4n) is 2.11. The number of aromatic nitrogens is 1. The minimum Gasteiger partial charge on any atom is -0.484 e. The smallest absolute Gasteiger partial charge is 0.303 e. The van der Waals surface area contributed by atoms with E-state index < -0.39 is 5.97 Å². The van der Waals surface area contributed by atoms with Crippen LogP contribution in [-0.2, 0) is 11.2 Å². The minimum absolute atomic E-state index is 0.0979. The number of hydrogen-bond donors (Lipinski definition) is 1. The van der Waals surface area contributed by atoms with E-state index in [0.29, 0.717) is 25.4 Å². The molecule has 5 nitrogen and oxygen atoms in total. The summed E-state index contributed by atoms with van der Waals surface area (Å²) in [4.78, 5) is 17.2. The van der Waals surface area contributed by atoms with E-state index in [1.165, 1.54) is 22.7 Å². The first-order valence-electron chi connectivity index (χ1n) is 6.32. The molecule has 0 atom stereocenters. The first-order valence-corrected chi connectivity index (χ1v) is 8.75. The van der Waals surface area contributed by atoms with Gasteiger partial charge in [0, 0.05) is 4.88 Å². The van der Waals surface area contributed by atoms with Gasteiger partial charge in [0.15, 0.2) is 11.5 Å². The summed E-state index contributed by atoms with van der Waals surface area (Å²) < 4.78 is 12.2. The van der Waals surface area contributed by atoms with Gasteiger partial charge >= 0.3 is 5.97 Å². The van der Waals surface area contributed by atoms with Crippen LogP contribution >= 0.6 is 38.6 Å². The van der Waals surface area contributed by atoms with Gasteiger partial charge in [-0.15, -0.1) is 22.7 Å². The van der Waals surface area contributed by atoms with E-state index in [9.17, 15) is 4.79 Å². The van der Waals surface area contributed by atoms with Crippen molar-refractivity contribution in [1.29, 1.82) is 0 Å². The molecule has 0 spiro atoms. The number of carbonyl (C=O) groups is 1. The van der Waals surface area contributed by atoms with Crippen molar-refractivity contribution < 1.29 is 19.4 Å². The Hall–Kier alpha value is -1.12. The molecule has 0 radical (unpaired) electrons. The molecule has 3 rings (SSSR count). The average molecular weight is 390 g/mol. The van der Waals surface area contributed by atoms with Crippen LogP contribution in [0.1, 0.15) is 16.3 Å². The van der Waals surface area contributed by atoms with E-state index in [1.54, 1.807) is 0 Å². The van der Waals surface area contributed by atoms with Crippen LogP contribution in [0.2, 0.25) is 0 Å². The number of carboxylic acids is 1. The molecule has 1 N–H and O–H groups in total. The molecular weight excluding hydrogens is 378 g/mol. The maximum Gasteiger partial charge on any atom is 0.303 e. The molecule has 0 bridgehead atoms. The molecule has 2 aromatic rings. The fourth-order valence-corrected chi connectivity index (χ4v) is 4.83. The molecule has 0 amide bonds. The molecule has 8 heteroatoms. The van der Waals surface area contributed by atoms with E-state index in [4.69, 9.17) is 14.6 Å². The second kappa shape index (κ2) is 5.94. The van der Waals surface area contributed by atoms with Crippen molar-refractivity contribution in [2.45, 2.75) is 19.8 Å². The van der Waals surface area contributed by atoms with Crippen LogP contribution in [-0.4, -0.2) is 29.3 Å². The lowest BCUT2D eigenvalue weighted by Gasteiger charge is -2.16. The predicted molar refractivity (Wildman–Crippen MR) is 84.8 cm³/mol. The number of fused-ring (bicyclic) bond motifs is 1. The number of ether oxygens (including phenoxy) is 2. The summed E-state index contributed by atoms with van der Waals surface area (Å²) in [6, 6.07) is 0. The Labute approximate surface area is 137 Å². The maximum absolute atomic E-state index is 10.8. The van der Waals surface area contributed by atoms with E-state index >= 15 is 0 Å². The third-order valence-electron chi connectivity index (χ3n) is 2.94. The van der Waals surface area contributed by atoms with Gasteiger partial charge in [0.2, 0.25) is 0 Å². The van der Waals surface area contributed by atoms with Crippen LogP contribution in [0.5, 0.6) is 11.5 Å². The third-order valence-corrected chi connectivity index (χ3v) is 5.77. The average Bonchev–Trinajstić information content (AvgIpc) is 2.98. The molecule has 0 aromatic carbocycles. The van der Waals surface area contributed by atoms with Gasteiger partial charge in [0.05, 0.1) is 17.1 Å². The Morgan fingerprint density at radius 3 is 2.76 bits per heavy atom. The summed E-state index contributed by atoms with van der Waals surface area (Å²) in [5.41, 5.74) is 0.816. The number of thiazole rings is 1. The number of rotatable bonds is 4. The van der Waals surface area contributed by atoms with Crippen molar-refractivity contribution in [1.82, 2.24) is 4.98 Å². The fraction of sp³-hybridized carbons (Fsp3) is 0.385. The number of thiophene rings is 1. The van der Waals surface area contributed by atoms with Crippen LogP contribution in [0.3, 0.4) is 0 Å². The molecule has 112 valence electrons. The second-order valence-corrected chi connectivity index (χ2v) is 8.08. The molecule has 0 unspecified atom stereocenters. The number of aryl methyl sites for hydroxylation is 2. The van der Waals surface area contributed by atoms with Crippen LogP contribution in [0.15, 0.2) is 3.79 Å². The van der Waals surface area contributed by atoms with Crippen LogP contribution in [0, 0.1) is 6.92 Å². The van der Waals surface area contributed by atoms with Gasteiger partial charge in [-0.2, -0.15) is 0 Å². The van der Waals surface area contributed by atoms with Crippen LogP contribution < -0.4 is 9.47 Å². The van der Waals surface area contributed by atoms with Gasteiger partial charge in [-0.25, -0.2) is 4.98 Å². The van der Waals surface area contributed by atoms with Gasteiger partial charge in [-0.1, -0.05) is 0 Å². The lowest BCUT2D eigenvalue weighted by molar-refractivity contribution is -0.136. The predicted octanol–water partition coefficient (Wildman–Crippen LogP) is 3.73. The van der Waals surface area contributed by atoms with Gasteiger partial charge < -0.3 is 14.6 Å². The zero-order valence-electron chi connectivity index (χ0n) is 11.1. The summed E-state index contributed by atoms with van der Waals surface area (Å²) in [5.74, 6) is 0.622. The Balaban J connectivity index is 2.02. The highest BCUT2D eigenvalue weighted by Crippen LogP contribution is 2.52. The van der Waals surface area contributed by atoms with Gasteiger partial charge in [0.25, 0.3) is 0 Å². The normalized spacial score (nSPS) is 13.4. The standard InChI is InChI=1S/C13H12BrNO4S2/c1-6-15-9(7(20-6)2-3-8(16)17)12-10-11(13(14)21-12)19-5-4-18-10/h2-5H2,1H3,(H,16,17). The van der Waals surface area contributed by atoms with Crippen LogP contribution in [0.25, 0.3) is 10.6 Å². The van der Waals surface area contributed by atoms with Crippen molar-refractivity contribution in [2.24, 2.45) is 0 Å². The summed E-state index contributed by atoms with van der Waals surface area (Å²) >= 11 is 6.53. The van der Waals surface area contributed by atoms with E-state index in [1.807, 2.05) is 6.92 Å². The van der Waals surface area contributed by atoms with Crippen molar-refractivity contribution in [3.63, 3.8) is 0 Å². The highest BCUT2D eigenvalue weighted by molar-refractivity contribution is 9.11. The Kier molecular flexibility index (Phi) is 4.19. The number of hydrogen-bond acceptors (Lipinski definition) is 6. The van der Waals surface area contributed by atoms with Gasteiger partial charge in [-0.05, 0) is 29.3 Å². The Morgan fingerprint density at radius 1 is 1.33 bits per heavy atom. The Morgan fingerprint density at radius 2 is 2.05 bits per heavy atom. The van der Waals surface area contributed by atoms with Crippen molar-refractivity contribution in [3.05, 3.63) is 13.7 Å². The zero-order valence-corrected chi connectivity index (χ0v) is 14.4. The van der Waals surface area contributed by atoms with E-state index in [-0.39, 0.29) is 6.42 Å². The van der Waals surface area contributed by atoms with Crippen LogP contribution in [0.4, 0.5) is 0 Å².